The SMILES string of the molecule is C/C=C\C=C(/C)OC#N. The molecule has 0 bridgehead atoms. The van der Waals surface area contributed by atoms with E-state index in [0.717, 1.165) is 0 Å². The van der Waals surface area contributed by atoms with Crippen molar-refractivity contribution < 1.29 is 4.74 Å². The third-order valence-electron chi connectivity index (χ3n) is 0.730. The summed E-state index contributed by atoms with van der Waals surface area (Å²) >= 11 is 0. The van der Waals surface area contributed by atoms with Crippen LogP contribution in [0.1, 0.15) is 13.8 Å². The molecule has 0 atom stereocenters. The average Bonchev–Trinajstić information content (AvgIpc) is 1.85. The van der Waals surface area contributed by atoms with Crippen LogP contribution < -0.4 is 0 Å². The normalized spacial score (nSPS) is 11.4. The number of rotatable bonds is 2. The summed E-state index contributed by atoms with van der Waals surface area (Å²) in [5.41, 5.74) is 0. The topological polar surface area (TPSA) is 33.0 Å². The summed E-state index contributed by atoms with van der Waals surface area (Å²) in [6.07, 6.45) is 6.98. The number of allylic oxidation sites excluding steroid dienone is 4. The number of ether oxygens (including phenoxy) is 1. The number of nitriles is 1. The van der Waals surface area contributed by atoms with Crippen LogP contribution in [0.15, 0.2) is 24.0 Å². The summed E-state index contributed by atoms with van der Waals surface area (Å²) in [7, 11) is 0. The van der Waals surface area contributed by atoms with Crippen molar-refractivity contribution >= 4 is 0 Å². The summed E-state index contributed by atoms with van der Waals surface area (Å²) in [5, 5.41) is 8.00. The largest absolute Gasteiger partial charge is 0.393 e. The van der Waals surface area contributed by atoms with Gasteiger partial charge in [0.05, 0.1) is 0 Å². The van der Waals surface area contributed by atoms with Crippen molar-refractivity contribution in [1.82, 2.24) is 0 Å². The molecule has 0 aromatic rings. The Kier molecular flexibility index (Phi) is 4.25. The van der Waals surface area contributed by atoms with Gasteiger partial charge in [0.2, 0.25) is 0 Å². The van der Waals surface area contributed by atoms with Crippen molar-refractivity contribution in [2.75, 3.05) is 0 Å². The second kappa shape index (κ2) is 4.92. The van der Waals surface area contributed by atoms with E-state index < -0.39 is 0 Å². The smallest absolute Gasteiger partial charge is 0.291 e. The van der Waals surface area contributed by atoms with Gasteiger partial charge in [0.1, 0.15) is 5.76 Å². The van der Waals surface area contributed by atoms with Crippen LogP contribution in [0.2, 0.25) is 0 Å². The van der Waals surface area contributed by atoms with Crippen molar-refractivity contribution in [2.45, 2.75) is 13.8 Å². The third kappa shape index (κ3) is 4.63. The van der Waals surface area contributed by atoms with Crippen molar-refractivity contribution in [3.05, 3.63) is 24.0 Å². The third-order valence-corrected chi connectivity index (χ3v) is 0.730. The predicted octanol–water partition coefficient (Wildman–Crippen LogP) is 1.96. The Morgan fingerprint density at radius 1 is 1.67 bits per heavy atom. The van der Waals surface area contributed by atoms with E-state index in [1.807, 2.05) is 19.1 Å². The molecule has 2 heteroatoms. The lowest BCUT2D eigenvalue weighted by atomic mass is 10.4. The molecule has 0 fully saturated rings. The number of nitrogens with zero attached hydrogens (tertiary/aromatic N) is 1. The lowest BCUT2D eigenvalue weighted by molar-refractivity contribution is 0.377. The van der Waals surface area contributed by atoms with Crippen LogP contribution in [0.4, 0.5) is 0 Å². The van der Waals surface area contributed by atoms with Gasteiger partial charge in [-0.05, 0) is 19.9 Å². The quantitative estimate of drug-likeness (QED) is 0.319. The lowest BCUT2D eigenvalue weighted by Crippen LogP contribution is -1.74. The molecule has 0 aliphatic heterocycles. The van der Waals surface area contributed by atoms with Crippen LogP contribution in [0, 0.1) is 11.5 Å². The molecule has 0 spiro atoms. The molecular weight excluding hydrogens is 114 g/mol. The Morgan fingerprint density at radius 3 is 2.78 bits per heavy atom. The monoisotopic (exact) mass is 123 g/mol. The molecule has 9 heavy (non-hydrogen) atoms. The van der Waals surface area contributed by atoms with E-state index in [1.54, 1.807) is 19.3 Å². The fraction of sp³-hybridized carbons (Fsp3) is 0.286. The highest BCUT2D eigenvalue weighted by atomic mass is 16.5. The van der Waals surface area contributed by atoms with Crippen molar-refractivity contribution in [3.8, 4) is 6.26 Å². The Bertz CT molecular complexity index is 162. The fourth-order valence-electron chi connectivity index (χ4n) is 0.338. The highest BCUT2D eigenvalue weighted by Crippen LogP contribution is 1.92. The van der Waals surface area contributed by atoms with E-state index in [-0.39, 0.29) is 0 Å². The maximum atomic E-state index is 8.00. The van der Waals surface area contributed by atoms with Crippen LogP contribution in [0.25, 0.3) is 0 Å². The van der Waals surface area contributed by atoms with E-state index in [4.69, 9.17) is 5.26 Å². The maximum Gasteiger partial charge on any atom is 0.291 e. The standard InChI is InChI=1S/C7H9NO/c1-3-4-5-7(2)9-6-8/h3-5H,1-2H3/b4-3-,7-5+. The zero-order chi connectivity index (χ0) is 7.11. The summed E-state index contributed by atoms with van der Waals surface area (Å²) in [4.78, 5) is 0. The first-order valence-corrected chi connectivity index (χ1v) is 2.66. The van der Waals surface area contributed by atoms with E-state index in [0.29, 0.717) is 5.76 Å². The molecule has 0 aliphatic carbocycles. The number of hydrogen-bond acceptors (Lipinski definition) is 2. The Labute approximate surface area is 55.1 Å². The first-order chi connectivity index (χ1) is 4.31. The Hall–Kier alpha value is -1.23. The highest BCUT2D eigenvalue weighted by Gasteiger charge is 1.80. The van der Waals surface area contributed by atoms with Gasteiger partial charge in [0, 0.05) is 0 Å². The van der Waals surface area contributed by atoms with Crippen LogP contribution in [0.3, 0.4) is 0 Å². The highest BCUT2D eigenvalue weighted by molar-refractivity contribution is 5.05. The van der Waals surface area contributed by atoms with Crippen LogP contribution in [0.5, 0.6) is 0 Å². The Morgan fingerprint density at radius 2 is 2.33 bits per heavy atom. The minimum absolute atomic E-state index is 0.607. The minimum Gasteiger partial charge on any atom is -0.393 e. The molecule has 0 aromatic carbocycles. The minimum atomic E-state index is 0.607. The van der Waals surface area contributed by atoms with Gasteiger partial charge < -0.3 is 4.74 Å². The predicted molar refractivity (Wildman–Crippen MR) is 35.3 cm³/mol. The molecule has 48 valence electrons. The van der Waals surface area contributed by atoms with Crippen LogP contribution in [-0.4, -0.2) is 0 Å². The molecule has 0 unspecified atom stereocenters. The van der Waals surface area contributed by atoms with E-state index in [1.165, 1.54) is 0 Å². The van der Waals surface area contributed by atoms with Crippen LogP contribution >= 0.6 is 0 Å². The molecule has 0 rings (SSSR count). The van der Waals surface area contributed by atoms with Crippen molar-refractivity contribution in [2.24, 2.45) is 0 Å². The molecule has 0 saturated carbocycles. The lowest BCUT2D eigenvalue weighted by Gasteiger charge is -1.88. The summed E-state index contributed by atoms with van der Waals surface area (Å²) in [6, 6.07) is 0. The molecule has 0 N–H and O–H groups in total. The zero-order valence-corrected chi connectivity index (χ0v) is 5.59. The number of hydrogen-bond donors (Lipinski definition) is 0. The van der Waals surface area contributed by atoms with Crippen molar-refractivity contribution in [3.63, 3.8) is 0 Å². The van der Waals surface area contributed by atoms with Crippen molar-refractivity contribution in [1.29, 1.82) is 5.26 Å². The summed E-state index contributed by atoms with van der Waals surface area (Å²) in [6.45, 7) is 3.62. The van der Waals surface area contributed by atoms with Gasteiger partial charge in [-0.3, -0.25) is 0 Å². The van der Waals surface area contributed by atoms with Gasteiger partial charge >= 0.3 is 0 Å². The first kappa shape index (κ1) is 7.77. The maximum absolute atomic E-state index is 8.00. The van der Waals surface area contributed by atoms with E-state index in [2.05, 4.69) is 4.74 Å². The molecule has 0 amide bonds. The van der Waals surface area contributed by atoms with E-state index in [9.17, 15) is 0 Å². The second-order valence-corrected chi connectivity index (χ2v) is 1.50. The van der Waals surface area contributed by atoms with Gasteiger partial charge in [0.25, 0.3) is 6.26 Å². The van der Waals surface area contributed by atoms with Gasteiger partial charge in [0.15, 0.2) is 0 Å². The van der Waals surface area contributed by atoms with Gasteiger partial charge in [-0.2, -0.15) is 0 Å². The molecular formula is C7H9NO. The average molecular weight is 123 g/mol. The van der Waals surface area contributed by atoms with Gasteiger partial charge in [-0.15, -0.1) is 5.26 Å². The molecule has 0 aromatic heterocycles. The molecule has 0 saturated heterocycles. The molecule has 2 nitrogen and oxygen atoms in total. The molecule has 0 radical (unpaired) electrons. The summed E-state index contributed by atoms with van der Waals surface area (Å²) in [5.74, 6) is 0.607. The van der Waals surface area contributed by atoms with Crippen LogP contribution in [-0.2, 0) is 4.74 Å². The Balaban J connectivity index is 3.72. The summed E-state index contributed by atoms with van der Waals surface area (Å²) < 4.78 is 4.46. The van der Waals surface area contributed by atoms with Gasteiger partial charge in [-0.25, -0.2) is 0 Å². The zero-order valence-electron chi connectivity index (χ0n) is 5.59. The molecule has 0 heterocycles. The molecule has 0 aliphatic rings. The van der Waals surface area contributed by atoms with Gasteiger partial charge in [-0.1, -0.05) is 12.2 Å². The fourth-order valence-corrected chi connectivity index (χ4v) is 0.338. The first-order valence-electron chi connectivity index (χ1n) is 2.66. The van der Waals surface area contributed by atoms with E-state index >= 15 is 0 Å². The second-order valence-electron chi connectivity index (χ2n) is 1.50.